The van der Waals surface area contributed by atoms with Gasteiger partial charge in [-0.2, -0.15) is 0 Å². The zero-order valence-corrected chi connectivity index (χ0v) is 11.7. The van der Waals surface area contributed by atoms with Gasteiger partial charge in [0.15, 0.2) is 0 Å². The second-order valence-electron chi connectivity index (χ2n) is 5.80. The summed E-state index contributed by atoms with van der Waals surface area (Å²) in [7, 11) is 0. The van der Waals surface area contributed by atoms with E-state index >= 15 is 0 Å². The Morgan fingerprint density at radius 1 is 0.895 bits per heavy atom. The summed E-state index contributed by atoms with van der Waals surface area (Å²) in [6, 6.07) is 20.8. The fourth-order valence-electron chi connectivity index (χ4n) is 2.73. The first-order chi connectivity index (χ1) is 9.13. The summed E-state index contributed by atoms with van der Waals surface area (Å²) in [5.74, 6) is 0.161. The highest BCUT2D eigenvalue weighted by atomic mass is 16.3. The summed E-state index contributed by atoms with van der Waals surface area (Å²) < 4.78 is 0. The topological polar surface area (TPSA) is 20.2 Å². The van der Waals surface area contributed by atoms with Crippen LogP contribution in [0.1, 0.15) is 30.9 Å². The maximum atomic E-state index is 9.79. The van der Waals surface area contributed by atoms with E-state index in [2.05, 4.69) is 50.2 Å². The van der Waals surface area contributed by atoms with Gasteiger partial charge >= 0.3 is 0 Å². The van der Waals surface area contributed by atoms with Crippen molar-refractivity contribution in [2.24, 2.45) is 5.41 Å². The lowest BCUT2D eigenvalue weighted by atomic mass is 9.71. The highest BCUT2D eigenvalue weighted by Gasteiger charge is 2.30. The Kier molecular flexibility index (Phi) is 4.39. The predicted molar refractivity (Wildman–Crippen MR) is 80.2 cm³/mol. The summed E-state index contributed by atoms with van der Waals surface area (Å²) in [5, 5.41) is 9.79. The Morgan fingerprint density at radius 2 is 1.42 bits per heavy atom. The third-order valence-corrected chi connectivity index (χ3v) is 3.83. The molecule has 1 N–H and O–H groups in total. The molecule has 0 fully saturated rings. The average molecular weight is 254 g/mol. The molecule has 1 heteroatoms. The van der Waals surface area contributed by atoms with Crippen molar-refractivity contribution in [3.63, 3.8) is 0 Å². The van der Waals surface area contributed by atoms with E-state index in [0.29, 0.717) is 0 Å². The number of benzene rings is 2. The minimum Gasteiger partial charge on any atom is -0.396 e. The maximum absolute atomic E-state index is 9.79. The first-order valence-electron chi connectivity index (χ1n) is 6.83. The van der Waals surface area contributed by atoms with Gasteiger partial charge in [0, 0.05) is 5.92 Å². The van der Waals surface area contributed by atoms with Gasteiger partial charge in [-0.1, -0.05) is 74.5 Å². The van der Waals surface area contributed by atoms with Crippen LogP contribution < -0.4 is 0 Å². The summed E-state index contributed by atoms with van der Waals surface area (Å²) >= 11 is 0. The van der Waals surface area contributed by atoms with Crippen molar-refractivity contribution in [2.75, 3.05) is 6.61 Å². The molecule has 2 aromatic carbocycles. The number of aliphatic hydroxyl groups is 1. The fourth-order valence-corrected chi connectivity index (χ4v) is 2.73. The molecule has 0 aromatic heterocycles. The zero-order valence-electron chi connectivity index (χ0n) is 11.7. The van der Waals surface area contributed by atoms with Gasteiger partial charge in [0.1, 0.15) is 0 Å². The molecule has 100 valence electrons. The standard InChI is InChI=1S/C18H22O/c1-18(2,13-15-9-5-3-6-10-15)17(14-19)16-11-7-4-8-12-16/h3-12,17,19H,13-14H2,1-2H3. The van der Waals surface area contributed by atoms with Gasteiger partial charge in [0.2, 0.25) is 0 Å². The zero-order chi connectivity index (χ0) is 13.7. The molecule has 0 saturated heterocycles. The van der Waals surface area contributed by atoms with Crippen molar-refractivity contribution in [3.05, 3.63) is 71.8 Å². The SMILES string of the molecule is CC(C)(Cc1ccccc1)C(CO)c1ccccc1. The highest BCUT2D eigenvalue weighted by molar-refractivity contribution is 5.24. The number of hydrogen-bond acceptors (Lipinski definition) is 1. The van der Waals surface area contributed by atoms with Crippen LogP contribution in [0, 0.1) is 5.41 Å². The molecule has 0 aliphatic heterocycles. The van der Waals surface area contributed by atoms with Gasteiger partial charge in [0.25, 0.3) is 0 Å². The van der Waals surface area contributed by atoms with Crippen LogP contribution in [0.2, 0.25) is 0 Å². The molecule has 1 unspecified atom stereocenters. The van der Waals surface area contributed by atoms with Crippen molar-refractivity contribution in [1.82, 2.24) is 0 Å². The third kappa shape index (κ3) is 3.45. The second-order valence-corrected chi connectivity index (χ2v) is 5.80. The molecule has 0 spiro atoms. The number of hydrogen-bond donors (Lipinski definition) is 1. The molecule has 0 radical (unpaired) electrons. The van der Waals surface area contributed by atoms with Gasteiger partial charge in [-0.15, -0.1) is 0 Å². The van der Waals surface area contributed by atoms with Crippen LogP contribution in [-0.4, -0.2) is 11.7 Å². The smallest absolute Gasteiger partial charge is 0.0504 e. The lowest BCUT2D eigenvalue weighted by Crippen LogP contribution is -2.27. The van der Waals surface area contributed by atoms with E-state index in [1.54, 1.807) is 0 Å². The monoisotopic (exact) mass is 254 g/mol. The van der Waals surface area contributed by atoms with E-state index in [1.807, 2.05) is 24.3 Å². The van der Waals surface area contributed by atoms with Crippen molar-refractivity contribution < 1.29 is 5.11 Å². The summed E-state index contributed by atoms with van der Waals surface area (Å²) in [5.41, 5.74) is 2.56. The molecular weight excluding hydrogens is 232 g/mol. The second kappa shape index (κ2) is 6.03. The highest BCUT2D eigenvalue weighted by Crippen LogP contribution is 2.38. The minimum atomic E-state index is 0.0253. The van der Waals surface area contributed by atoms with Crippen molar-refractivity contribution >= 4 is 0 Å². The lowest BCUT2D eigenvalue weighted by molar-refractivity contribution is 0.172. The quantitative estimate of drug-likeness (QED) is 0.854. The number of aliphatic hydroxyl groups excluding tert-OH is 1. The molecule has 2 aromatic rings. The van der Waals surface area contributed by atoms with Crippen molar-refractivity contribution in [1.29, 1.82) is 0 Å². The Bertz CT molecular complexity index is 488. The Hall–Kier alpha value is -1.60. The Labute approximate surface area is 115 Å². The molecule has 0 bridgehead atoms. The van der Waals surface area contributed by atoms with Gasteiger partial charge in [-0.05, 0) is 23.0 Å². The first kappa shape index (κ1) is 13.8. The third-order valence-electron chi connectivity index (χ3n) is 3.83. The fraction of sp³-hybridized carbons (Fsp3) is 0.333. The minimum absolute atomic E-state index is 0.0253. The van der Waals surface area contributed by atoms with Gasteiger partial charge < -0.3 is 5.11 Å². The average Bonchev–Trinajstić information content (AvgIpc) is 2.41. The molecule has 1 nitrogen and oxygen atoms in total. The van der Waals surface area contributed by atoms with Gasteiger partial charge in [-0.25, -0.2) is 0 Å². The van der Waals surface area contributed by atoms with E-state index in [0.717, 1.165) is 6.42 Å². The van der Waals surface area contributed by atoms with E-state index < -0.39 is 0 Å². The van der Waals surface area contributed by atoms with Crippen LogP contribution >= 0.6 is 0 Å². The molecule has 19 heavy (non-hydrogen) atoms. The molecule has 1 atom stereocenters. The predicted octanol–water partition coefficient (Wildman–Crippen LogP) is 4.03. The number of rotatable bonds is 5. The molecule has 0 amide bonds. The van der Waals surface area contributed by atoms with Gasteiger partial charge in [-0.3, -0.25) is 0 Å². The van der Waals surface area contributed by atoms with Crippen LogP contribution in [0.4, 0.5) is 0 Å². The normalized spacial score (nSPS) is 13.2. The first-order valence-corrected chi connectivity index (χ1v) is 6.83. The lowest BCUT2D eigenvalue weighted by Gasteiger charge is -2.34. The van der Waals surface area contributed by atoms with Crippen LogP contribution in [-0.2, 0) is 6.42 Å². The summed E-state index contributed by atoms with van der Waals surface area (Å²) in [6.07, 6.45) is 0.966. The van der Waals surface area contributed by atoms with E-state index in [4.69, 9.17) is 0 Å². The Balaban J connectivity index is 2.21. The largest absolute Gasteiger partial charge is 0.396 e. The molecular formula is C18H22O. The molecule has 2 rings (SSSR count). The van der Waals surface area contributed by atoms with Crippen LogP contribution in [0.3, 0.4) is 0 Å². The maximum Gasteiger partial charge on any atom is 0.0504 e. The summed E-state index contributed by atoms with van der Waals surface area (Å²) in [4.78, 5) is 0. The van der Waals surface area contributed by atoms with Crippen molar-refractivity contribution in [3.8, 4) is 0 Å². The molecule has 0 saturated carbocycles. The van der Waals surface area contributed by atoms with E-state index in [9.17, 15) is 5.11 Å². The van der Waals surface area contributed by atoms with E-state index in [-0.39, 0.29) is 17.9 Å². The molecule has 0 aliphatic carbocycles. The van der Waals surface area contributed by atoms with E-state index in [1.165, 1.54) is 11.1 Å². The molecule has 0 aliphatic rings. The van der Waals surface area contributed by atoms with Crippen LogP contribution in [0.15, 0.2) is 60.7 Å². The summed E-state index contributed by atoms with van der Waals surface area (Å²) in [6.45, 7) is 4.64. The van der Waals surface area contributed by atoms with Crippen molar-refractivity contribution in [2.45, 2.75) is 26.2 Å². The van der Waals surface area contributed by atoms with Gasteiger partial charge in [0.05, 0.1) is 6.61 Å². The van der Waals surface area contributed by atoms with Crippen LogP contribution in [0.5, 0.6) is 0 Å². The molecule has 0 heterocycles. The Morgan fingerprint density at radius 3 is 1.95 bits per heavy atom. The van der Waals surface area contributed by atoms with Crippen LogP contribution in [0.25, 0.3) is 0 Å².